The van der Waals surface area contributed by atoms with Gasteiger partial charge in [-0.05, 0) is 18.8 Å². The third kappa shape index (κ3) is 4.81. The van der Waals surface area contributed by atoms with Crippen molar-refractivity contribution in [2.75, 3.05) is 0 Å². The molecule has 1 atom stereocenters. The number of nitrogens with zero attached hydrogens (tertiary/aromatic N) is 2. The van der Waals surface area contributed by atoms with Crippen LogP contribution in [-0.4, -0.2) is 20.8 Å². The van der Waals surface area contributed by atoms with E-state index >= 15 is 0 Å². The van der Waals surface area contributed by atoms with Gasteiger partial charge in [-0.3, -0.25) is 0 Å². The quantitative estimate of drug-likeness (QED) is 0.805. The Bertz CT molecular complexity index is 304. The maximum absolute atomic E-state index is 9.94. The Morgan fingerprint density at radius 3 is 2.78 bits per heavy atom. The molecule has 18 heavy (non-hydrogen) atoms. The molecule has 1 aliphatic carbocycles. The molecule has 1 aromatic heterocycles. The van der Waals surface area contributed by atoms with Gasteiger partial charge in [0.15, 0.2) is 0 Å². The molecule has 1 aromatic rings. The van der Waals surface area contributed by atoms with Gasteiger partial charge in [0.05, 0.1) is 12.4 Å². The van der Waals surface area contributed by atoms with Crippen molar-refractivity contribution < 1.29 is 5.11 Å². The van der Waals surface area contributed by atoms with Crippen LogP contribution in [0.1, 0.15) is 57.8 Å². The molecule has 1 unspecified atom stereocenters. The summed E-state index contributed by atoms with van der Waals surface area (Å²) < 4.78 is 2.03. The normalized spacial score (nSPS) is 18.9. The van der Waals surface area contributed by atoms with Crippen molar-refractivity contribution in [3.63, 3.8) is 0 Å². The molecule has 1 aliphatic rings. The molecule has 1 saturated carbocycles. The summed E-state index contributed by atoms with van der Waals surface area (Å²) >= 11 is 0. The van der Waals surface area contributed by atoms with E-state index in [1.54, 1.807) is 6.20 Å². The van der Waals surface area contributed by atoms with Crippen LogP contribution in [0.3, 0.4) is 0 Å². The lowest BCUT2D eigenvalue weighted by Gasteiger charge is -2.21. The molecule has 0 amide bonds. The zero-order valence-electron chi connectivity index (χ0n) is 11.3. The van der Waals surface area contributed by atoms with E-state index in [-0.39, 0.29) is 6.10 Å². The van der Waals surface area contributed by atoms with Crippen LogP contribution in [0.5, 0.6) is 0 Å². The Labute approximate surface area is 110 Å². The van der Waals surface area contributed by atoms with Crippen molar-refractivity contribution in [3.05, 3.63) is 18.7 Å². The summed E-state index contributed by atoms with van der Waals surface area (Å²) in [6.07, 6.45) is 16.9. The van der Waals surface area contributed by atoms with Gasteiger partial charge in [-0.1, -0.05) is 44.9 Å². The van der Waals surface area contributed by atoms with Crippen molar-refractivity contribution >= 4 is 0 Å². The fourth-order valence-corrected chi connectivity index (χ4v) is 2.98. The topological polar surface area (TPSA) is 38.0 Å². The lowest BCUT2D eigenvalue weighted by molar-refractivity contribution is 0.142. The van der Waals surface area contributed by atoms with Crippen molar-refractivity contribution in [1.82, 2.24) is 9.55 Å². The summed E-state index contributed by atoms with van der Waals surface area (Å²) in [4.78, 5) is 4.00. The number of hydrogen-bond acceptors (Lipinski definition) is 2. The summed E-state index contributed by atoms with van der Waals surface area (Å²) in [5.41, 5.74) is 0. The standard InChI is InChI=1S/C15H26N2O/c18-15(9-11-17-12-10-16-13-17)8-4-7-14-5-2-1-3-6-14/h10,12-15,18H,1-9,11H2. The van der Waals surface area contributed by atoms with Gasteiger partial charge in [-0.15, -0.1) is 0 Å². The Kier molecular flexibility index (Phi) is 5.72. The Morgan fingerprint density at radius 1 is 1.22 bits per heavy atom. The highest BCUT2D eigenvalue weighted by Crippen LogP contribution is 2.28. The van der Waals surface area contributed by atoms with E-state index in [4.69, 9.17) is 0 Å². The number of imidazole rings is 1. The molecule has 0 bridgehead atoms. The van der Waals surface area contributed by atoms with Gasteiger partial charge < -0.3 is 9.67 Å². The van der Waals surface area contributed by atoms with E-state index in [0.717, 1.165) is 25.3 Å². The zero-order chi connectivity index (χ0) is 12.6. The number of aliphatic hydroxyl groups is 1. The predicted molar refractivity (Wildman–Crippen MR) is 73.3 cm³/mol. The summed E-state index contributed by atoms with van der Waals surface area (Å²) in [6, 6.07) is 0. The smallest absolute Gasteiger partial charge is 0.0945 e. The highest BCUT2D eigenvalue weighted by molar-refractivity contribution is 4.74. The Balaban J connectivity index is 1.52. The Morgan fingerprint density at radius 2 is 2.06 bits per heavy atom. The molecular weight excluding hydrogens is 224 g/mol. The van der Waals surface area contributed by atoms with Gasteiger partial charge in [0.2, 0.25) is 0 Å². The van der Waals surface area contributed by atoms with Gasteiger partial charge in [0.25, 0.3) is 0 Å². The molecule has 0 saturated heterocycles. The largest absolute Gasteiger partial charge is 0.393 e. The molecule has 0 aromatic carbocycles. The lowest BCUT2D eigenvalue weighted by atomic mass is 9.85. The molecule has 0 radical (unpaired) electrons. The van der Waals surface area contributed by atoms with Gasteiger partial charge in [-0.2, -0.15) is 0 Å². The molecule has 1 heterocycles. The molecule has 3 heteroatoms. The number of hydrogen-bond donors (Lipinski definition) is 1. The van der Waals surface area contributed by atoms with Gasteiger partial charge in [0, 0.05) is 18.9 Å². The maximum atomic E-state index is 9.94. The second-order valence-electron chi connectivity index (χ2n) is 5.68. The van der Waals surface area contributed by atoms with Crippen LogP contribution in [0.25, 0.3) is 0 Å². The second-order valence-corrected chi connectivity index (χ2v) is 5.68. The Hall–Kier alpha value is -0.830. The van der Waals surface area contributed by atoms with Gasteiger partial charge in [0.1, 0.15) is 0 Å². The first-order valence-electron chi connectivity index (χ1n) is 7.48. The van der Waals surface area contributed by atoms with Crippen molar-refractivity contribution in [2.24, 2.45) is 5.92 Å². The zero-order valence-corrected chi connectivity index (χ0v) is 11.3. The minimum Gasteiger partial charge on any atom is -0.393 e. The molecule has 2 rings (SSSR count). The molecule has 102 valence electrons. The number of rotatable bonds is 7. The van der Waals surface area contributed by atoms with E-state index in [9.17, 15) is 5.11 Å². The third-order valence-corrected chi connectivity index (χ3v) is 4.15. The number of aromatic nitrogens is 2. The van der Waals surface area contributed by atoms with Crippen LogP contribution in [0.2, 0.25) is 0 Å². The van der Waals surface area contributed by atoms with E-state index < -0.39 is 0 Å². The molecular formula is C15H26N2O. The van der Waals surface area contributed by atoms with Crippen LogP contribution in [0.4, 0.5) is 0 Å². The van der Waals surface area contributed by atoms with Crippen LogP contribution in [0.15, 0.2) is 18.7 Å². The molecule has 1 N–H and O–H groups in total. The fourth-order valence-electron chi connectivity index (χ4n) is 2.98. The van der Waals surface area contributed by atoms with E-state index in [1.165, 1.54) is 44.9 Å². The van der Waals surface area contributed by atoms with E-state index in [2.05, 4.69) is 4.98 Å². The monoisotopic (exact) mass is 250 g/mol. The first-order valence-corrected chi connectivity index (χ1v) is 7.48. The molecule has 3 nitrogen and oxygen atoms in total. The fraction of sp³-hybridized carbons (Fsp3) is 0.800. The van der Waals surface area contributed by atoms with Crippen LogP contribution >= 0.6 is 0 Å². The van der Waals surface area contributed by atoms with Crippen LogP contribution in [-0.2, 0) is 6.54 Å². The summed E-state index contributed by atoms with van der Waals surface area (Å²) in [7, 11) is 0. The summed E-state index contributed by atoms with van der Waals surface area (Å²) in [6.45, 7) is 0.880. The highest BCUT2D eigenvalue weighted by atomic mass is 16.3. The molecule has 0 spiro atoms. The van der Waals surface area contributed by atoms with Crippen molar-refractivity contribution in [1.29, 1.82) is 0 Å². The summed E-state index contributed by atoms with van der Waals surface area (Å²) in [5, 5.41) is 9.94. The minimum absolute atomic E-state index is 0.143. The third-order valence-electron chi connectivity index (χ3n) is 4.15. The molecule has 0 aliphatic heterocycles. The SMILES string of the molecule is OC(CCCC1CCCCC1)CCn1ccnc1. The van der Waals surface area contributed by atoms with Gasteiger partial charge in [-0.25, -0.2) is 4.98 Å². The van der Waals surface area contributed by atoms with E-state index in [0.29, 0.717) is 0 Å². The lowest BCUT2D eigenvalue weighted by Crippen LogP contribution is -2.12. The predicted octanol–water partition coefficient (Wildman–Crippen LogP) is 3.38. The first kappa shape index (κ1) is 13.6. The van der Waals surface area contributed by atoms with Crippen molar-refractivity contribution in [2.45, 2.75) is 70.4 Å². The molecule has 1 fully saturated rings. The minimum atomic E-state index is -0.143. The number of aryl methyl sites for hydroxylation is 1. The van der Waals surface area contributed by atoms with E-state index in [1.807, 2.05) is 17.1 Å². The summed E-state index contributed by atoms with van der Waals surface area (Å²) in [5.74, 6) is 0.944. The van der Waals surface area contributed by atoms with Crippen LogP contribution in [0, 0.1) is 5.92 Å². The van der Waals surface area contributed by atoms with Crippen LogP contribution < -0.4 is 0 Å². The average Bonchev–Trinajstić information content (AvgIpc) is 2.91. The second kappa shape index (κ2) is 7.57. The highest BCUT2D eigenvalue weighted by Gasteiger charge is 2.13. The maximum Gasteiger partial charge on any atom is 0.0945 e. The first-order chi connectivity index (χ1) is 8.84. The van der Waals surface area contributed by atoms with Crippen molar-refractivity contribution in [3.8, 4) is 0 Å². The van der Waals surface area contributed by atoms with Gasteiger partial charge >= 0.3 is 0 Å². The number of aliphatic hydroxyl groups excluding tert-OH is 1. The average molecular weight is 250 g/mol.